The number of halogens is 1. The first-order chi connectivity index (χ1) is 13.7. The van der Waals surface area contributed by atoms with E-state index in [-0.39, 0.29) is 11.9 Å². The molecule has 1 aliphatic rings. The van der Waals surface area contributed by atoms with Gasteiger partial charge in [-0.3, -0.25) is 4.79 Å². The van der Waals surface area contributed by atoms with E-state index in [2.05, 4.69) is 17.1 Å². The van der Waals surface area contributed by atoms with E-state index in [4.69, 9.17) is 16.1 Å². The van der Waals surface area contributed by atoms with Crippen molar-refractivity contribution in [3.05, 3.63) is 59.1 Å². The fourth-order valence-electron chi connectivity index (χ4n) is 3.79. The van der Waals surface area contributed by atoms with Crippen LogP contribution in [0, 0.1) is 0 Å². The molecule has 0 N–H and O–H groups in total. The number of aromatic nitrogens is 2. The lowest BCUT2D eigenvalue weighted by atomic mass is 9.97. The van der Waals surface area contributed by atoms with Crippen molar-refractivity contribution >= 4 is 17.5 Å². The van der Waals surface area contributed by atoms with Gasteiger partial charge in [-0.1, -0.05) is 47.9 Å². The lowest BCUT2D eigenvalue weighted by Crippen LogP contribution is -2.43. The summed E-state index contributed by atoms with van der Waals surface area (Å²) in [5.41, 5.74) is 1.95. The van der Waals surface area contributed by atoms with Crippen LogP contribution in [0.1, 0.15) is 43.0 Å². The molecule has 0 bridgehead atoms. The molecule has 144 valence electrons. The maximum absolute atomic E-state index is 13.3. The predicted molar refractivity (Wildman–Crippen MR) is 109 cm³/mol. The predicted octanol–water partition coefficient (Wildman–Crippen LogP) is 5.46. The van der Waals surface area contributed by atoms with Gasteiger partial charge >= 0.3 is 0 Å². The van der Waals surface area contributed by atoms with Crippen LogP contribution in [0.25, 0.3) is 22.8 Å². The number of hydrogen-bond acceptors (Lipinski definition) is 4. The van der Waals surface area contributed by atoms with Gasteiger partial charge in [-0.2, -0.15) is 4.98 Å². The maximum atomic E-state index is 13.3. The summed E-state index contributed by atoms with van der Waals surface area (Å²) < 4.78 is 5.50. The number of benzene rings is 2. The Kier molecular flexibility index (Phi) is 5.44. The SMILES string of the molecule is CCC1CCCCN1C(=O)c1ccccc1-c1nc(-c2ccccc2Cl)no1. The zero-order valence-electron chi connectivity index (χ0n) is 15.8. The molecule has 5 nitrogen and oxygen atoms in total. The molecular weight excluding hydrogens is 374 g/mol. The second-order valence-corrected chi connectivity index (χ2v) is 7.41. The number of hydrogen-bond donors (Lipinski definition) is 0. The highest BCUT2D eigenvalue weighted by Crippen LogP contribution is 2.30. The van der Waals surface area contributed by atoms with Gasteiger partial charge in [0.25, 0.3) is 11.8 Å². The fourth-order valence-corrected chi connectivity index (χ4v) is 4.01. The van der Waals surface area contributed by atoms with Crippen LogP contribution in [-0.4, -0.2) is 33.5 Å². The zero-order chi connectivity index (χ0) is 19.5. The molecule has 3 aromatic rings. The van der Waals surface area contributed by atoms with Gasteiger partial charge < -0.3 is 9.42 Å². The number of nitrogens with zero attached hydrogens (tertiary/aromatic N) is 3. The molecule has 0 radical (unpaired) electrons. The van der Waals surface area contributed by atoms with E-state index in [0.717, 1.165) is 25.8 Å². The Morgan fingerprint density at radius 3 is 2.68 bits per heavy atom. The van der Waals surface area contributed by atoms with Crippen molar-refractivity contribution in [2.45, 2.75) is 38.6 Å². The molecule has 0 saturated carbocycles. The van der Waals surface area contributed by atoms with Crippen LogP contribution in [-0.2, 0) is 0 Å². The summed E-state index contributed by atoms with van der Waals surface area (Å²) in [4.78, 5) is 19.8. The molecule has 4 rings (SSSR count). The number of carbonyl (C=O) groups excluding carboxylic acids is 1. The van der Waals surface area contributed by atoms with Gasteiger partial charge in [-0.05, 0) is 49.9 Å². The molecule has 6 heteroatoms. The van der Waals surface area contributed by atoms with E-state index in [1.165, 1.54) is 6.42 Å². The fraction of sp³-hybridized carbons (Fsp3) is 0.318. The quantitative estimate of drug-likeness (QED) is 0.588. The van der Waals surface area contributed by atoms with Gasteiger partial charge in [-0.15, -0.1) is 0 Å². The highest BCUT2D eigenvalue weighted by Gasteiger charge is 2.28. The number of likely N-dealkylation sites (tertiary alicyclic amines) is 1. The Labute approximate surface area is 169 Å². The highest BCUT2D eigenvalue weighted by molar-refractivity contribution is 6.33. The molecular formula is C22H22ClN3O2. The van der Waals surface area contributed by atoms with Crippen molar-refractivity contribution in [1.29, 1.82) is 0 Å². The molecule has 2 heterocycles. The van der Waals surface area contributed by atoms with E-state index < -0.39 is 0 Å². The summed E-state index contributed by atoms with van der Waals surface area (Å²) in [6.45, 7) is 2.93. The summed E-state index contributed by atoms with van der Waals surface area (Å²) >= 11 is 6.25. The third-order valence-corrected chi connectivity index (χ3v) is 5.62. The van der Waals surface area contributed by atoms with Gasteiger partial charge in [0, 0.05) is 18.2 Å². The average Bonchev–Trinajstić information content (AvgIpc) is 3.23. The van der Waals surface area contributed by atoms with E-state index in [9.17, 15) is 4.79 Å². The van der Waals surface area contributed by atoms with Crippen LogP contribution >= 0.6 is 11.6 Å². The summed E-state index contributed by atoms with van der Waals surface area (Å²) in [6.07, 6.45) is 4.24. The minimum atomic E-state index is 0.0274. The summed E-state index contributed by atoms with van der Waals surface area (Å²) in [5.74, 6) is 0.760. The van der Waals surface area contributed by atoms with Crippen molar-refractivity contribution in [3.63, 3.8) is 0 Å². The van der Waals surface area contributed by atoms with Gasteiger partial charge in [0.2, 0.25) is 5.82 Å². The summed E-state index contributed by atoms with van der Waals surface area (Å²) in [5, 5.41) is 4.63. The normalized spacial score (nSPS) is 16.9. The van der Waals surface area contributed by atoms with Crippen molar-refractivity contribution < 1.29 is 9.32 Å². The topological polar surface area (TPSA) is 59.2 Å². The molecule has 28 heavy (non-hydrogen) atoms. The highest BCUT2D eigenvalue weighted by atomic mass is 35.5. The van der Waals surface area contributed by atoms with E-state index in [1.54, 1.807) is 6.07 Å². The zero-order valence-corrected chi connectivity index (χ0v) is 16.5. The van der Waals surface area contributed by atoms with Gasteiger partial charge in [-0.25, -0.2) is 0 Å². The monoisotopic (exact) mass is 395 g/mol. The second-order valence-electron chi connectivity index (χ2n) is 7.00. The summed E-state index contributed by atoms with van der Waals surface area (Å²) in [6, 6.07) is 15.1. The molecule has 1 unspecified atom stereocenters. The standard InChI is InChI=1S/C22H22ClN3O2/c1-2-15-9-7-8-14-26(15)22(27)17-11-4-3-10-16(17)21-24-20(25-28-21)18-12-5-6-13-19(18)23/h3-6,10-13,15H,2,7-9,14H2,1H3. The Morgan fingerprint density at radius 1 is 1.14 bits per heavy atom. The van der Waals surface area contributed by atoms with Crippen LogP contribution in [0.15, 0.2) is 53.1 Å². The molecule has 0 aliphatic carbocycles. The summed E-state index contributed by atoms with van der Waals surface area (Å²) in [7, 11) is 0. The minimum Gasteiger partial charge on any atom is -0.336 e. The van der Waals surface area contributed by atoms with E-state index in [1.807, 2.05) is 47.4 Å². The smallest absolute Gasteiger partial charge is 0.259 e. The lowest BCUT2D eigenvalue weighted by molar-refractivity contribution is 0.0608. The molecule has 2 aromatic carbocycles. The Morgan fingerprint density at radius 2 is 1.89 bits per heavy atom. The van der Waals surface area contributed by atoms with E-state index >= 15 is 0 Å². The number of rotatable bonds is 4. The van der Waals surface area contributed by atoms with Gasteiger partial charge in [0.05, 0.1) is 16.1 Å². The third kappa shape index (κ3) is 3.54. The third-order valence-electron chi connectivity index (χ3n) is 5.29. The molecule has 1 atom stereocenters. The minimum absolute atomic E-state index is 0.0274. The molecule has 1 aliphatic heterocycles. The Balaban J connectivity index is 1.69. The molecule has 1 amide bonds. The molecule has 1 aromatic heterocycles. The largest absolute Gasteiger partial charge is 0.336 e. The van der Waals surface area contributed by atoms with Crippen LogP contribution in [0.4, 0.5) is 0 Å². The molecule has 0 spiro atoms. The first kappa shape index (κ1) is 18.7. The maximum Gasteiger partial charge on any atom is 0.259 e. The van der Waals surface area contributed by atoms with E-state index in [0.29, 0.717) is 33.4 Å². The Bertz CT molecular complexity index is 985. The molecule has 1 saturated heterocycles. The first-order valence-corrected chi connectivity index (χ1v) is 10.1. The number of piperidine rings is 1. The van der Waals surface area contributed by atoms with Crippen LogP contribution in [0.3, 0.4) is 0 Å². The van der Waals surface area contributed by atoms with Gasteiger partial charge in [0.1, 0.15) is 0 Å². The van der Waals surface area contributed by atoms with Crippen molar-refractivity contribution in [2.75, 3.05) is 6.54 Å². The average molecular weight is 396 g/mol. The van der Waals surface area contributed by atoms with Gasteiger partial charge in [0.15, 0.2) is 0 Å². The second kappa shape index (κ2) is 8.15. The van der Waals surface area contributed by atoms with Crippen LogP contribution < -0.4 is 0 Å². The van der Waals surface area contributed by atoms with Crippen molar-refractivity contribution in [2.24, 2.45) is 0 Å². The van der Waals surface area contributed by atoms with Crippen LogP contribution in [0.2, 0.25) is 5.02 Å². The molecule has 1 fully saturated rings. The Hall–Kier alpha value is -2.66. The van der Waals surface area contributed by atoms with Crippen LogP contribution in [0.5, 0.6) is 0 Å². The van der Waals surface area contributed by atoms with Crippen molar-refractivity contribution in [3.8, 4) is 22.8 Å². The van der Waals surface area contributed by atoms with Crippen molar-refractivity contribution in [1.82, 2.24) is 15.0 Å². The number of carbonyl (C=O) groups is 1. The lowest BCUT2D eigenvalue weighted by Gasteiger charge is -2.35. The number of amides is 1. The first-order valence-electron chi connectivity index (χ1n) is 9.68.